The molecule has 0 bridgehead atoms. The summed E-state index contributed by atoms with van der Waals surface area (Å²) in [6, 6.07) is 6.46. The minimum absolute atomic E-state index is 0.176. The molecule has 1 aromatic rings. The number of likely N-dealkylation sites (tertiary alicyclic amines) is 1. The van der Waals surface area contributed by atoms with Gasteiger partial charge >= 0.3 is 5.97 Å². The van der Waals surface area contributed by atoms with Gasteiger partial charge in [0, 0.05) is 6.54 Å². The van der Waals surface area contributed by atoms with Gasteiger partial charge in [0.15, 0.2) is 0 Å². The molecule has 1 aromatic carbocycles. The Morgan fingerprint density at radius 1 is 1.42 bits per heavy atom. The van der Waals surface area contributed by atoms with Gasteiger partial charge < -0.3 is 14.7 Å². The molecule has 1 aliphatic heterocycles. The van der Waals surface area contributed by atoms with Crippen molar-refractivity contribution in [2.24, 2.45) is 5.41 Å². The van der Waals surface area contributed by atoms with Crippen LogP contribution in [0.2, 0.25) is 0 Å². The summed E-state index contributed by atoms with van der Waals surface area (Å²) < 4.78 is 18.8. The van der Waals surface area contributed by atoms with Crippen molar-refractivity contribution < 1.29 is 19.0 Å². The number of halogens is 1. The largest absolute Gasteiger partial charge is 0.466 e. The van der Waals surface area contributed by atoms with E-state index in [1.54, 1.807) is 13.0 Å². The summed E-state index contributed by atoms with van der Waals surface area (Å²) in [6.07, 6.45) is 2.32. The minimum Gasteiger partial charge on any atom is -0.466 e. The highest BCUT2D eigenvalue weighted by Gasteiger charge is 2.42. The summed E-state index contributed by atoms with van der Waals surface area (Å²) >= 11 is 0. The normalized spacial score (nSPS) is 19.0. The first-order valence-electron chi connectivity index (χ1n) is 8.77. The number of carbonyl (C=O) groups excluding carboxylic acids is 1. The SMILES string of the molecule is CCOC(=O)C1(Cc2cccc(F)c2)CCN(CC[C@@H](C)O)CC1. The van der Waals surface area contributed by atoms with Crippen LogP contribution in [0.4, 0.5) is 4.39 Å². The van der Waals surface area contributed by atoms with Crippen molar-refractivity contribution in [2.45, 2.75) is 45.6 Å². The van der Waals surface area contributed by atoms with Gasteiger partial charge in [0.25, 0.3) is 0 Å². The summed E-state index contributed by atoms with van der Waals surface area (Å²) in [5.41, 5.74) is 0.256. The number of nitrogens with zero attached hydrogens (tertiary/aromatic N) is 1. The lowest BCUT2D eigenvalue weighted by Gasteiger charge is -2.40. The molecule has 24 heavy (non-hydrogen) atoms. The Labute approximate surface area is 143 Å². The van der Waals surface area contributed by atoms with Crippen LogP contribution in [0.15, 0.2) is 24.3 Å². The van der Waals surface area contributed by atoms with Crippen molar-refractivity contribution in [3.8, 4) is 0 Å². The quantitative estimate of drug-likeness (QED) is 0.777. The Morgan fingerprint density at radius 2 is 2.12 bits per heavy atom. The second-order valence-corrected chi connectivity index (χ2v) is 6.79. The number of rotatable bonds is 7. The summed E-state index contributed by atoms with van der Waals surface area (Å²) in [5, 5.41) is 9.43. The molecule has 1 aliphatic rings. The lowest BCUT2D eigenvalue weighted by Crippen LogP contribution is -2.47. The van der Waals surface area contributed by atoms with E-state index in [4.69, 9.17) is 4.74 Å². The number of hydrogen-bond donors (Lipinski definition) is 1. The number of hydrogen-bond acceptors (Lipinski definition) is 4. The highest BCUT2D eigenvalue weighted by Crippen LogP contribution is 2.37. The number of benzene rings is 1. The second-order valence-electron chi connectivity index (χ2n) is 6.79. The van der Waals surface area contributed by atoms with Gasteiger partial charge in [-0.1, -0.05) is 12.1 Å². The van der Waals surface area contributed by atoms with Gasteiger partial charge in [-0.3, -0.25) is 4.79 Å². The van der Waals surface area contributed by atoms with E-state index < -0.39 is 5.41 Å². The number of esters is 1. The van der Waals surface area contributed by atoms with Crippen molar-refractivity contribution in [3.05, 3.63) is 35.6 Å². The molecule has 1 N–H and O–H groups in total. The molecular weight excluding hydrogens is 309 g/mol. The Balaban J connectivity index is 2.07. The molecule has 0 spiro atoms. The van der Waals surface area contributed by atoms with Gasteiger partial charge in [0.05, 0.1) is 18.1 Å². The van der Waals surface area contributed by atoms with Crippen molar-refractivity contribution in [1.82, 2.24) is 4.90 Å². The second kappa shape index (κ2) is 8.58. The van der Waals surface area contributed by atoms with Gasteiger partial charge in [-0.25, -0.2) is 4.39 Å². The molecule has 1 atom stereocenters. The first-order chi connectivity index (χ1) is 11.4. The lowest BCUT2D eigenvalue weighted by atomic mass is 9.73. The predicted octanol–water partition coefficient (Wildman–Crippen LogP) is 2.78. The summed E-state index contributed by atoms with van der Waals surface area (Å²) in [5.74, 6) is -0.453. The summed E-state index contributed by atoms with van der Waals surface area (Å²) in [7, 11) is 0. The first kappa shape index (κ1) is 18.9. The third kappa shape index (κ3) is 5.02. The molecule has 134 valence electrons. The third-order valence-electron chi connectivity index (χ3n) is 4.82. The van der Waals surface area contributed by atoms with Crippen molar-refractivity contribution in [3.63, 3.8) is 0 Å². The van der Waals surface area contributed by atoms with E-state index in [-0.39, 0.29) is 17.9 Å². The zero-order chi connectivity index (χ0) is 17.6. The summed E-state index contributed by atoms with van der Waals surface area (Å²) in [6.45, 7) is 6.37. The molecule has 0 aromatic heterocycles. The number of aliphatic hydroxyl groups excluding tert-OH is 1. The fourth-order valence-corrected chi connectivity index (χ4v) is 3.35. The third-order valence-corrected chi connectivity index (χ3v) is 4.82. The molecule has 0 aliphatic carbocycles. The average Bonchev–Trinajstić information content (AvgIpc) is 2.54. The fourth-order valence-electron chi connectivity index (χ4n) is 3.35. The zero-order valence-corrected chi connectivity index (χ0v) is 14.6. The van der Waals surface area contributed by atoms with Gasteiger partial charge in [-0.15, -0.1) is 0 Å². The van der Waals surface area contributed by atoms with Gasteiger partial charge in [0.1, 0.15) is 5.82 Å². The molecule has 1 saturated heterocycles. The lowest BCUT2D eigenvalue weighted by molar-refractivity contribution is -0.158. The molecular formula is C19H28FNO3. The Bertz CT molecular complexity index is 539. The van der Waals surface area contributed by atoms with E-state index >= 15 is 0 Å². The van der Waals surface area contributed by atoms with Gasteiger partial charge in [0.2, 0.25) is 0 Å². The maximum Gasteiger partial charge on any atom is 0.312 e. The molecule has 5 heteroatoms. The standard InChI is InChI=1S/C19H28FNO3/c1-3-24-18(23)19(14-16-5-4-6-17(20)13-16)8-11-21(12-9-19)10-7-15(2)22/h4-6,13,15,22H,3,7-12,14H2,1-2H3/t15-/m1/s1. The molecule has 0 radical (unpaired) electrons. The van der Waals surface area contributed by atoms with E-state index in [9.17, 15) is 14.3 Å². The van der Waals surface area contributed by atoms with E-state index in [1.807, 2.05) is 13.0 Å². The van der Waals surface area contributed by atoms with Crippen LogP contribution in [0.3, 0.4) is 0 Å². The van der Waals surface area contributed by atoms with Crippen LogP contribution in [0.5, 0.6) is 0 Å². The number of aliphatic hydroxyl groups is 1. The smallest absolute Gasteiger partial charge is 0.312 e. The van der Waals surface area contributed by atoms with E-state index in [2.05, 4.69) is 4.90 Å². The van der Waals surface area contributed by atoms with Crippen LogP contribution < -0.4 is 0 Å². The molecule has 0 saturated carbocycles. The zero-order valence-electron chi connectivity index (χ0n) is 14.6. The van der Waals surface area contributed by atoms with Crippen molar-refractivity contribution in [1.29, 1.82) is 0 Å². The van der Waals surface area contributed by atoms with Crippen molar-refractivity contribution >= 4 is 5.97 Å². The van der Waals surface area contributed by atoms with Crippen LogP contribution >= 0.6 is 0 Å². The maximum absolute atomic E-state index is 13.5. The molecule has 0 amide bonds. The van der Waals surface area contributed by atoms with Gasteiger partial charge in [-0.2, -0.15) is 0 Å². The number of carbonyl (C=O) groups is 1. The minimum atomic E-state index is -0.578. The monoisotopic (exact) mass is 337 g/mol. The van der Waals surface area contributed by atoms with E-state index in [1.165, 1.54) is 12.1 Å². The van der Waals surface area contributed by atoms with Crippen LogP contribution in [0.25, 0.3) is 0 Å². The molecule has 1 fully saturated rings. The van der Waals surface area contributed by atoms with Crippen LogP contribution in [-0.2, 0) is 16.0 Å². The highest BCUT2D eigenvalue weighted by molar-refractivity contribution is 5.77. The van der Waals surface area contributed by atoms with Crippen LogP contribution in [-0.4, -0.2) is 48.3 Å². The van der Waals surface area contributed by atoms with E-state index in [0.717, 1.165) is 31.6 Å². The Morgan fingerprint density at radius 3 is 2.71 bits per heavy atom. The fraction of sp³-hybridized carbons (Fsp3) is 0.632. The number of piperidine rings is 1. The molecule has 2 rings (SSSR count). The Kier molecular flexibility index (Phi) is 6.75. The maximum atomic E-state index is 13.5. The Hall–Kier alpha value is -1.46. The van der Waals surface area contributed by atoms with Crippen LogP contribution in [0, 0.1) is 11.2 Å². The van der Waals surface area contributed by atoms with E-state index in [0.29, 0.717) is 25.9 Å². The van der Waals surface area contributed by atoms with Crippen molar-refractivity contribution in [2.75, 3.05) is 26.2 Å². The first-order valence-corrected chi connectivity index (χ1v) is 8.77. The van der Waals surface area contributed by atoms with Gasteiger partial charge in [-0.05, 0) is 70.3 Å². The molecule has 0 unspecified atom stereocenters. The summed E-state index contributed by atoms with van der Waals surface area (Å²) in [4.78, 5) is 14.9. The number of ether oxygens (including phenoxy) is 1. The van der Waals surface area contributed by atoms with Crippen LogP contribution in [0.1, 0.15) is 38.7 Å². The topological polar surface area (TPSA) is 49.8 Å². The molecule has 4 nitrogen and oxygen atoms in total. The molecule has 1 heterocycles. The predicted molar refractivity (Wildman–Crippen MR) is 91.1 cm³/mol. The average molecular weight is 337 g/mol. The highest BCUT2D eigenvalue weighted by atomic mass is 19.1.